The predicted octanol–water partition coefficient (Wildman–Crippen LogP) is 2.94. The second kappa shape index (κ2) is 4.51. The van der Waals surface area contributed by atoms with Gasteiger partial charge in [-0.25, -0.2) is 14.8 Å². The molecule has 0 aliphatic carbocycles. The van der Waals surface area contributed by atoms with Crippen LogP contribution >= 0.6 is 11.6 Å². The Kier molecular flexibility index (Phi) is 2.83. The van der Waals surface area contributed by atoms with Crippen LogP contribution in [0.5, 0.6) is 0 Å². The second-order valence-electron chi connectivity index (χ2n) is 3.98. The van der Waals surface area contributed by atoms with E-state index < -0.39 is 5.97 Å². The number of imidazole rings is 1. The number of aromatic nitrogens is 3. The Balaban J connectivity index is 2.27. The number of benzene rings is 1. The van der Waals surface area contributed by atoms with Crippen LogP contribution in [-0.2, 0) is 4.74 Å². The minimum atomic E-state index is -0.431. The van der Waals surface area contributed by atoms with Crippen molar-refractivity contribution >= 4 is 39.5 Å². The molecule has 0 amide bonds. The van der Waals surface area contributed by atoms with Gasteiger partial charge in [-0.15, -0.1) is 0 Å². The molecule has 0 atom stereocenters. The molecule has 0 spiro atoms. The van der Waals surface area contributed by atoms with Crippen molar-refractivity contribution in [2.45, 2.75) is 6.92 Å². The fourth-order valence-electron chi connectivity index (χ4n) is 2.01. The second-order valence-corrected chi connectivity index (χ2v) is 4.39. The molecule has 3 aromatic rings. The highest BCUT2D eigenvalue weighted by Crippen LogP contribution is 2.29. The van der Waals surface area contributed by atoms with Crippen LogP contribution < -0.4 is 0 Å². The van der Waals surface area contributed by atoms with Crippen molar-refractivity contribution in [1.29, 1.82) is 0 Å². The third-order valence-electron chi connectivity index (χ3n) is 2.81. The first kappa shape index (κ1) is 11.9. The van der Waals surface area contributed by atoms with Gasteiger partial charge in [-0.05, 0) is 25.1 Å². The Hall–Kier alpha value is -2.14. The fourth-order valence-corrected chi connectivity index (χ4v) is 2.31. The maximum absolute atomic E-state index is 11.7. The standard InChI is InChI=1S/C13H10ClN3O2/c1-2-19-13(18)10-5-7(14)11-8(17-10)3-4-9-12(11)16-6-15-9/h3-6,17H,2H2,1H3. The number of rotatable bonds is 2. The van der Waals surface area contributed by atoms with E-state index in [1.54, 1.807) is 13.0 Å². The van der Waals surface area contributed by atoms with E-state index in [0.29, 0.717) is 22.8 Å². The Morgan fingerprint density at radius 3 is 3.05 bits per heavy atom. The van der Waals surface area contributed by atoms with Gasteiger partial charge in [0.1, 0.15) is 17.5 Å². The number of fused-ring (bicyclic) bond motifs is 3. The summed E-state index contributed by atoms with van der Waals surface area (Å²) in [7, 11) is 0. The number of carbonyl (C=O) groups is 1. The molecule has 2 heterocycles. The number of esters is 1. The van der Waals surface area contributed by atoms with Gasteiger partial charge >= 0.3 is 5.97 Å². The highest BCUT2D eigenvalue weighted by molar-refractivity contribution is 6.37. The van der Waals surface area contributed by atoms with Crippen LogP contribution in [-0.4, -0.2) is 27.5 Å². The van der Waals surface area contributed by atoms with Crippen LogP contribution in [0.2, 0.25) is 5.02 Å². The zero-order chi connectivity index (χ0) is 13.4. The van der Waals surface area contributed by atoms with Crippen LogP contribution in [0, 0.1) is 0 Å². The summed E-state index contributed by atoms with van der Waals surface area (Å²) in [5.74, 6) is -0.431. The smallest absolute Gasteiger partial charge is 0.354 e. The quantitative estimate of drug-likeness (QED) is 0.730. The van der Waals surface area contributed by atoms with Crippen LogP contribution in [0.4, 0.5) is 0 Å². The number of hydrogen-bond donors (Lipinski definition) is 1. The van der Waals surface area contributed by atoms with E-state index in [4.69, 9.17) is 16.3 Å². The Morgan fingerprint density at radius 1 is 1.42 bits per heavy atom. The summed E-state index contributed by atoms with van der Waals surface area (Å²) < 4.78 is 4.95. The van der Waals surface area contributed by atoms with Crippen molar-refractivity contribution in [3.63, 3.8) is 0 Å². The zero-order valence-corrected chi connectivity index (χ0v) is 10.9. The molecule has 96 valence electrons. The number of H-pyrrole nitrogens is 1. The molecule has 3 rings (SSSR count). The van der Waals surface area contributed by atoms with Crippen molar-refractivity contribution in [2.24, 2.45) is 0 Å². The van der Waals surface area contributed by atoms with E-state index >= 15 is 0 Å². The number of carbonyl (C=O) groups excluding carboxylic acids is 1. The average Bonchev–Trinajstić information content (AvgIpc) is 2.86. The Morgan fingerprint density at radius 2 is 2.26 bits per heavy atom. The van der Waals surface area contributed by atoms with E-state index in [2.05, 4.69) is 15.0 Å². The van der Waals surface area contributed by atoms with E-state index in [9.17, 15) is 4.79 Å². The largest absolute Gasteiger partial charge is 0.461 e. The summed E-state index contributed by atoms with van der Waals surface area (Å²) >= 11 is 6.25. The maximum atomic E-state index is 11.7. The lowest BCUT2D eigenvalue weighted by atomic mass is 10.1. The molecule has 1 aromatic carbocycles. The normalized spacial score (nSPS) is 11.1. The lowest BCUT2D eigenvalue weighted by Crippen LogP contribution is -2.07. The molecule has 0 aliphatic heterocycles. The summed E-state index contributed by atoms with van der Waals surface area (Å²) in [6.45, 7) is 2.07. The minimum Gasteiger partial charge on any atom is -0.461 e. The maximum Gasteiger partial charge on any atom is 0.354 e. The zero-order valence-electron chi connectivity index (χ0n) is 10.1. The molecular weight excluding hydrogens is 266 g/mol. The van der Waals surface area contributed by atoms with Gasteiger partial charge in [0, 0.05) is 10.9 Å². The van der Waals surface area contributed by atoms with Gasteiger partial charge in [0.25, 0.3) is 0 Å². The van der Waals surface area contributed by atoms with Crippen molar-refractivity contribution in [3.8, 4) is 0 Å². The van der Waals surface area contributed by atoms with Crippen molar-refractivity contribution in [1.82, 2.24) is 15.0 Å². The van der Waals surface area contributed by atoms with E-state index in [-0.39, 0.29) is 0 Å². The van der Waals surface area contributed by atoms with Gasteiger partial charge in [0.05, 0.1) is 17.1 Å². The highest BCUT2D eigenvalue weighted by atomic mass is 35.5. The SMILES string of the molecule is CCOC(=O)c1cc(Cl)c2c(ccc3ncnc32)[nH]1. The first-order valence-electron chi connectivity index (χ1n) is 5.79. The first-order chi connectivity index (χ1) is 9.20. The highest BCUT2D eigenvalue weighted by Gasteiger charge is 2.13. The predicted molar refractivity (Wildman–Crippen MR) is 72.4 cm³/mol. The summed E-state index contributed by atoms with van der Waals surface area (Å²) in [6.07, 6.45) is 1.49. The number of nitrogens with one attached hydrogen (secondary N) is 1. The Bertz CT molecular complexity index is 782. The summed E-state index contributed by atoms with van der Waals surface area (Å²) in [6, 6.07) is 5.20. The molecule has 6 heteroatoms. The van der Waals surface area contributed by atoms with Crippen LogP contribution in [0.25, 0.3) is 21.9 Å². The molecule has 5 nitrogen and oxygen atoms in total. The lowest BCUT2D eigenvalue weighted by Gasteiger charge is -2.07. The van der Waals surface area contributed by atoms with Crippen LogP contribution in [0.1, 0.15) is 17.4 Å². The van der Waals surface area contributed by atoms with E-state index in [0.717, 1.165) is 16.4 Å². The molecule has 0 unspecified atom stereocenters. The lowest BCUT2D eigenvalue weighted by molar-refractivity contribution is 0.0520. The third kappa shape index (κ3) is 1.92. The van der Waals surface area contributed by atoms with Gasteiger partial charge in [0.15, 0.2) is 0 Å². The van der Waals surface area contributed by atoms with Crippen LogP contribution in [0.3, 0.4) is 0 Å². The van der Waals surface area contributed by atoms with E-state index in [1.165, 1.54) is 6.33 Å². The van der Waals surface area contributed by atoms with Gasteiger partial charge in [-0.2, -0.15) is 0 Å². The third-order valence-corrected chi connectivity index (χ3v) is 3.11. The monoisotopic (exact) mass is 275 g/mol. The summed E-state index contributed by atoms with van der Waals surface area (Å²) in [5, 5.41) is 1.20. The fraction of sp³-hybridized carbons (Fsp3) is 0.154. The van der Waals surface area contributed by atoms with Gasteiger partial charge in [-0.3, -0.25) is 0 Å². The number of hydrogen-bond acceptors (Lipinski definition) is 4. The molecule has 0 radical (unpaired) electrons. The minimum absolute atomic E-state index is 0.315. The summed E-state index contributed by atoms with van der Waals surface area (Å²) in [5.41, 5.74) is 2.53. The topological polar surface area (TPSA) is 67.9 Å². The summed E-state index contributed by atoms with van der Waals surface area (Å²) in [4.78, 5) is 23.0. The number of ether oxygens (including phenoxy) is 1. The molecule has 0 saturated carbocycles. The van der Waals surface area contributed by atoms with Gasteiger partial charge in [-0.1, -0.05) is 11.6 Å². The number of aromatic amines is 1. The average molecular weight is 276 g/mol. The first-order valence-corrected chi connectivity index (χ1v) is 6.17. The van der Waals surface area contributed by atoms with Crippen LogP contribution in [0.15, 0.2) is 24.5 Å². The van der Waals surface area contributed by atoms with E-state index in [1.807, 2.05) is 12.1 Å². The molecule has 0 bridgehead atoms. The molecule has 2 aromatic heterocycles. The molecule has 1 N–H and O–H groups in total. The molecular formula is C13H10ClN3O2. The van der Waals surface area contributed by atoms with Gasteiger partial charge in [0.2, 0.25) is 0 Å². The number of nitrogens with zero attached hydrogens (tertiary/aromatic N) is 2. The molecule has 0 fully saturated rings. The van der Waals surface area contributed by atoms with Crippen molar-refractivity contribution in [3.05, 3.63) is 35.2 Å². The molecule has 19 heavy (non-hydrogen) atoms. The van der Waals surface area contributed by atoms with Gasteiger partial charge < -0.3 is 9.72 Å². The van der Waals surface area contributed by atoms with Crippen molar-refractivity contribution < 1.29 is 9.53 Å². The molecule has 0 aliphatic rings. The number of pyridine rings is 1. The Labute approximate surface area is 113 Å². The number of halogens is 1. The van der Waals surface area contributed by atoms with Crippen molar-refractivity contribution in [2.75, 3.05) is 6.61 Å². The molecule has 0 saturated heterocycles.